The molecule has 0 aliphatic carbocycles. The highest BCUT2D eigenvalue weighted by molar-refractivity contribution is 7.15. The third-order valence-electron chi connectivity index (χ3n) is 3.36. The first kappa shape index (κ1) is 15.0. The molecule has 1 aromatic carbocycles. The molecule has 2 N–H and O–H groups in total. The number of aliphatic hydroxyl groups is 1. The molecular formula is C17H16FNO2S. The molecule has 22 heavy (non-hydrogen) atoms. The normalized spacial score (nSPS) is 12.5. The number of rotatable bonds is 6. The first-order chi connectivity index (χ1) is 10.8. The van der Waals surface area contributed by atoms with Crippen LogP contribution in [0.1, 0.15) is 16.7 Å². The lowest BCUT2D eigenvalue weighted by Crippen LogP contribution is -2.23. The standard InChI is InChI=1S/C17H16FNO2S/c18-13-4-1-3-12(9-13)17-7-6-14(22-17)10-19-15(11-20)16-5-2-8-21-16/h1-9,15,19-20H,10-11H2. The van der Waals surface area contributed by atoms with Crippen LogP contribution in [0.5, 0.6) is 0 Å². The highest BCUT2D eigenvalue weighted by Crippen LogP contribution is 2.28. The Hall–Kier alpha value is -1.95. The second kappa shape index (κ2) is 6.87. The fourth-order valence-electron chi connectivity index (χ4n) is 2.24. The Morgan fingerprint density at radius 3 is 2.82 bits per heavy atom. The van der Waals surface area contributed by atoms with Crippen LogP contribution in [0.2, 0.25) is 0 Å². The number of nitrogens with one attached hydrogen (secondary N) is 1. The van der Waals surface area contributed by atoms with Crippen LogP contribution >= 0.6 is 11.3 Å². The molecule has 1 unspecified atom stereocenters. The van der Waals surface area contributed by atoms with E-state index in [-0.39, 0.29) is 18.5 Å². The number of thiophene rings is 1. The van der Waals surface area contributed by atoms with E-state index in [0.29, 0.717) is 12.3 Å². The van der Waals surface area contributed by atoms with E-state index in [4.69, 9.17) is 4.42 Å². The summed E-state index contributed by atoms with van der Waals surface area (Å²) >= 11 is 1.60. The van der Waals surface area contributed by atoms with Crippen LogP contribution in [0.3, 0.4) is 0 Å². The quantitative estimate of drug-likeness (QED) is 0.723. The van der Waals surface area contributed by atoms with Crippen LogP contribution in [-0.2, 0) is 6.54 Å². The summed E-state index contributed by atoms with van der Waals surface area (Å²) < 4.78 is 18.6. The summed E-state index contributed by atoms with van der Waals surface area (Å²) in [4.78, 5) is 2.14. The fraction of sp³-hybridized carbons (Fsp3) is 0.176. The maximum Gasteiger partial charge on any atom is 0.123 e. The summed E-state index contributed by atoms with van der Waals surface area (Å²) in [6.07, 6.45) is 1.59. The number of hydrogen-bond donors (Lipinski definition) is 2. The van der Waals surface area contributed by atoms with Gasteiger partial charge in [0.25, 0.3) is 0 Å². The predicted octanol–water partition coefficient (Wildman–Crippen LogP) is 3.97. The SMILES string of the molecule is OCC(NCc1ccc(-c2cccc(F)c2)s1)c1ccco1. The Labute approximate surface area is 132 Å². The number of halogens is 1. The van der Waals surface area contributed by atoms with E-state index in [0.717, 1.165) is 15.3 Å². The average molecular weight is 317 g/mol. The number of aliphatic hydroxyl groups excluding tert-OH is 1. The Kier molecular flexibility index (Phi) is 4.68. The van der Waals surface area contributed by atoms with Gasteiger partial charge in [-0.3, -0.25) is 0 Å². The van der Waals surface area contributed by atoms with Crippen molar-refractivity contribution in [1.29, 1.82) is 0 Å². The van der Waals surface area contributed by atoms with Gasteiger partial charge in [-0.2, -0.15) is 0 Å². The highest BCUT2D eigenvalue weighted by atomic mass is 32.1. The predicted molar refractivity (Wildman–Crippen MR) is 85.1 cm³/mol. The van der Waals surface area contributed by atoms with Crippen LogP contribution in [0, 0.1) is 5.82 Å². The lowest BCUT2D eigenvalue weighted by Gasteiger charge is -2.12. The second-order valence-electron chi connectivity index (χ2n) is 4.91. The van der Waals surface area contributed by atoms with Crippen LogP contribution in [-0.4, -0.2) is 11.7 Å². The molecule has 5 heteroatoms. The number of benzene rings is 1. The summed E-state index contributed by atoms with van der Waals surface area (Å²) in [5.41, 5.74) is 0.876. The molecule has 114 valence electrons. The lowest BCUT2D eigenvalue weighted by atomic mass is 10.2. The maximum atomic E-state index is 13.3. The van der Waals surface area contributed by atoms with E-state index in [1.807, 2.05) is 24.3 Å². The van der Waals surface area contributed by atoms with Gasteiger partial charge < -0.3 is 14.8 Å². The van der Waals surface area contributed by atoms with Gasteiger partial charge in [0, 0.05) is 16.3 Å². The molecule has 0 fully saturated rings. The molecule has 0 saturated carbocycles. The third-order valence-corrected chi connectivity index (χ3v) is 4.50. The largest absolute Gasteiger partial charge is 0.468 e. The van der Waals surface area contributed by atoms with Crippen molar-refractivity contribution in [2.45, 2.75) is 12.6 Å². The van der Waals surface area contributed by atoms with Crippen molar-refractivity contribution in [2.75, 3.05) is 6.61 Å². The first-order valence-electron chi connectivity index (χ1n) is 6.98. The fourth-order valence-corrected chi connectivity index (χ4v) is 3.19. The van der Waals surface area contributed by atoms with Gasteiger partial charge in [0.1, 0.15) is 11.6 Å². The van der Waals surface area contributed by atoms with Gasteiger partial charge in [0.05, 0.1) is 18.9 Å². The molecule has 1 atom stereocenters. The summed E-state index contributed by atoms with van der Waals surface area (Å²) in [5, 5.41) is 12.7. The number of hydrogen-bond acceptors (Lipinski definition) is 4. The summed E-state index contributed by atoms with van der Waals surface area (Å²) in [7, 11) is 0. The molecule has 0 amide bonds. The number of furan rings is 1. The molecule has 0 aliphatic heterocycles. The molecule has 0 aliphatic rings. The molecule has 0 saturated heterocycles. The van der Waals surface area contributed by atoms with Gasteiger partial charge in [0.15, 0.2) is 0 Å². The van der Waals surface area contributed by atoms with Gasteiger partial charge in [-0.15, -0.1) is 11.3 Å². The Bertz CT molecular complexity index is 724. The molecule has 3 rings (SSSR count). The molecule has 0 bridgehead atoms. The van der Waals surface area contributed by atoms with Crippen molar-refractivity contribution in [1.82, 2.24) is 5.32 Å². The summed E-state index contributed by atoms with van der Waals surface area (Å²) in [5.74, 6) is 0.480. The lowest BCUT2D eigenvalue weighted by molar-refractivity contribution is 0.226. The van der Waals surface area contributed by atoms with Crippen molar-refractivity contribution in [3.05, 3.63) is 71.2 Å². The van der Waals surface area contributed by atoms with E-state index in [1.165, 1.54) is 12.1 Å². The van der Waals surface area contributed by atoms with Crippen LogP contribution < -0.4 is 5.32 Å². The Morgan fingerprint density at radius 2 is 2.09 bits per heavy atom. The molecular weight excluding hydrogens is 301 g/mol. The highest BCUT2D eigenvalue weighted by Gasteiger charge is 2.13. The van der Waals surface area contributed by atoms with Crippen LogP contribution in [0.15, 0.2) is 59.2 Å². The molecule has 2 heterocycles. The van der Waals surface area contributed by atoms with Crippen molar-refractivity contribution in [2.24, 2.45) is 0 Å². The van der Waals surface area contributed by atoms with Gasteiger partial charge in [-0.25, -0.2) is 4.39 Å². The van der Waals surface area contributed by atoms with Crippen molar-refractivity contribution < 1.29 is 13.9 Å². The minimum atomic E-state index is -0.233. The average Bonchev–Trinajstić information content (AvgIpc) is 3.19. The van der Waals surface area contributed by atoms with E-state index >= 15 is 0 Å². The monoisotopic (exact) mass is 317 g/mol. The second-order valence-corrected chi connectivity index (χ2v) is 6.08. The zero-order chi connectivity index (χ0) is 15.4. The first-order valence-corrected chi connectivity index (χ1v) is 7.80. The third kappa shape index (κ3) is 3.44. The zero-order valence-electron chi connectivity index (χ0n) is 11.8. The molecule has 2 aromatic heterocycles. The molecule has 0 radical (unpaired) electrons. The van der Waals surface area contributed by atoms with Crippen molar-refractivity contribution in [3.63, 3.8) is 0 Å². The van der Waals surface area contributed by atoms with Gasteiger partial charge >= 0.3 is 0 Å². The van der Waals surface area contributed by atoms with E-state index < -0.39 is 0 Å². The van der Waals surface area contributed by atoms with Crippen molar-refractivity contribution in [3.8, 4) is 10.4 Å². The topological polar surface area (TPSA) is 45.4 Å². The van der Waals surface area contributed by atoms with Gasteiger partial charge in [-0.1, -0.05) is 12.1 Å². The minimum Gasteiger partial charge on any atom is -0.468 e. The van der Waals surface area contributed by atoms with Crippen LogP contribution in [0.4, 0.5) is 4.39 Å². The smallest absolute Gasteiger partial charge is 0.123 e. The van der Waals surface area contributed by atoms with E-state index in [1.54, 1.807) is 29.7 Å². The summed E-state index contributed by atoms with van der Waals surface area (Å²) in [6.45, 7) is 0.585. The Morgan fingerprint density at radius 1 is 1.18 bits per heavy atom. The molecule has 3 nitrogen and oxygen atoms in total. The van der Waals surface area contributed by atoms with E-state index in [9.17, 15) is 9.50 Å². The van der Waals surface area contributed by atoms with E-state index in [2.05, 4.69) is 5.32 Å². The molecule has 3 aromatic rings. The van der Waals surface area contributed by atoms with Crippen LogP contribution in [0.25, 0.3) is 10.4 Å². The van der Waals surface area contributed by atoms with Gasteiger partial charge in [0.2, 0.25) is 0 Å². The van der Waals surface area contributed by atoms with Gasteiger partial charge in [-0.05, 0) is 42.0 Å². The summed E-state index contributed by atoms with van der Waals surface area (Å²) in [6, 6.07) is 14.0. The van der Waals surface area contributed by atoms with Crippen molar-refractivity contribution >= 4 is 11.3 Å². The Balaban J connectivity index is 1.67. The minimum absolute atomic E-state index is 0.0321. The zero-order valence-corrected chi connectivity index (χ0v) is 12.6. The maximum absolute atomic E-state index is 13.3. The molecule has 0 spiro atoms.